The molecule has 0 aliphatic carbocycles. The first-order valence-electron chi connectivity index (χ1n) is 10.6. The monoisotopic (exact) mass is 555 g/mol. The van der Waals surface area contributed by atoms with E-state index in [1.165, 1.54) is 28.0 Å². The second-order valence-electron chi connectivity index (χ2n) is 7.52. The molecule has 0 saturated carbocycles. The van der Waals surface area contributed by atoms with Crippen LogP contribution in [0.15, 0.2) is 68.0 Å². The first kappa shape index (κ1) is 24.4. The first-order valence-corrected chi connectivity index (χ1v) is 13.6. The van der Waals surface area contributed by atoms with Crippen molar-refractivity contribution in [2.24, 2.45) is 0 Å². The Labute approximate surface area is 222 Å². The van der Waals surface area contributed by atoms with Crippen LogP contribution in [0.2, 0.25) is 0 Å². The van der Waals surface area contributed by atoms with E-state index in [1.54, 1.807) is 37.5 Å². The SMILES string of the molecule is COc1ccc(-c2c(OC(=O)CCN3C(=O)/C(=C/c4cccs4)SC3=S)ccc3oc(=O)sc23)cc1. The Bertz CT molecular complexity index is 1550. The van der Waals surface area contributed by atoms with Gasteiger partial charge in [-0.2, -0.15) is 0 Å². The normalized spacial score (nSPS) is 14.7. The maximum absolute atomic E-state index is 12.8. The number of amides is 1. The number of hydrogen-bond donors (Lipinski definition) is 0. The number of methoxy groups -OCH3 is 1. The maximum Gasteiger partial charge on any atom is 0.396 e. The topological polar surface area (TPSA) is 86.1 Å². The van der Waals surface area contributed by atoms with Gasteiger partial charge in [0.1, 0.15) is 21.4 Å². The highest BCUT2D eigenvalue weighted by Gasteiger charge is 2.32. The van der Waals surface area contributed by atoms with E-state index in [9.17, 15) is 14.4 Å². The number of thiophene rings is 1. The number of ether oxygens (including phenoxy) is 2. The molecular formula is C25H17NO6S4. The van der Waals surface area contributed by atoms with Crippen molar-refractivity contribution < 1.29 is 23.5 Å². The molecule has 0 unspecified atom stereocenters. The number of carbonyl (C=O) groups is 2. The zero-order valence-electron chi connectivity index (χ0n) is 18.7. The summed E-state index contributed by atoms with van der Waals surface area (Å²) in [6.07, 6.45) is 1.75. The molecule has 3 heterocycles. The molecule has 2 aromatic heterocycles. The predicted octanol–water partition coefficient (Wildman–Crippen LogP) is 5.79. The summed E-state index contributed by atoms with van der Waals surface area (Å²) >= 11 is 9.04. The van der Waals surface area contributed by atoms with E-state index in [2.05, 4.69) is 0 Å². The van der Waals surface area contributed by atoms with Crippen molar-refractivity contribution in [2.75, 3.05) is 13.7 Å². The minimum absolute atomic E-state index is 0.0551. The summed E-state index contributed by atoms with van der Waals surface area (Å²) in [5.41, 5.74) is 1.71. The largest absolute Gasteiger partial charge is 0.497 e. The molecule has 182 valence electrons. The minimum Gasteiger partial charge on any atom is -0.497 e. The minimum atomic E-state index is -0.531. The number of fused-ring (bicyclic) bond motifs is 1. The van der Waals surface area contributed by atoms with E-state index in [1.807, 2.05) is 29.6 Å². The van der Waals surface area contributed by atoms with Crippen molar-refractivity contribution in [1.82, 2.24) is 4.90 Å². The van der Waals surface area contributed by atoms with Crippen LogP contribution in [-0.2, 0) is 9.59 Å². The number of nitrogens with zero attached hydrogens (tertiary/aromatic N) is 1. The third kappa shape index (κ3) is 5.00. The predicted molar refractivity (Wildman–Crippen MR) is 147 cm³/mol. The number of benzene rings is 2. The fraction of sp³-hybridized carbons (Fsp3) is 0.120. The molecule has 0 bridgehead atoms. The van der Waals surface area contributed by atoms with Gasteiger partial charge < -0.3 is 13.9 Å². The lowest BCUT2D eigenvalue weighted by atomic mass is 10.0. The highest BCUT2D eigenvalue weighted by molar-refractivity contribution is 8.26. The summed E-state index contributed by atoms with van der Waals surface area (Å²) in [5.74, 6) is 0.199. The number of thiocarbonyl (C=S) groups is 1. The van der Waals surface area contributed by atoms with Crippen molar-refractivity contribution in [1.29, 1.82) is 0 Å². The van der Waals surface area contributed by atoms with Crippen molar-refractivity contribution in [3.05, 3.63) is 73.4 Å². The molecule has 1 aliphatic rings. The van der Waals surface area contributed by atoms with E-state index in [0.717, 1.165) is 21.8 Å². The molecule has 1 fully saturated rings. The molecule has 11 heteroatoms. The molecule has 0 N–H and O–H groups in total. The Morgan fingerprint density at radius 1 is 1.14 bits per heavy atom. The third-order valence-corrected chi connectivity index (χ3v) is 8.35. The lowest BCUT2D eigenvalue weighted by Gasteiger charge is -2.15. The lowest BCUT2D eigenvalue weighted by molar-refractivity contribution is -0.134. The second kappa shape index (κ2) is 10.4. The third-order valence-electron chi connectivity index (χ3n) is 5.29. The smallest absolute Gasteiger partial charge is 0.396 e. The van der Waals surface area contributed by atoms with Crippen molar-refractivity contribution in [3.63, 3.8) is 0 Å². The van der Waals surface area contributed by atoms with Gasteiger partial charge in [-0.15, -0.1) is 11.3 Å². The van der Waals surface area contributed by atoms with Crippen LogP contribution in [0.4, 0.5) is 0 Å². The van der Waals surface area contributed by atoms with Crippen LogP contribution < -0.4 is 14.4 Å². The molecule has 0 spiro atoms. The summed E-state index contributed by atoms with van der Waals surface area (Å²) in [6.45, 7) is 0.102. The molecule has 36 heavy (non-hydrogen) atoms. The molecule has 5 rings (SSSR count). The van der Waals surface area contributed by atoms with Crippen LogP contribution in [0.25, 0.3) is 27.5 Å². The Morgan fingerprint density at radius 3 is 2.67 bits per heavy atom. The van der Waals surface area contributed by atoms with Gasteiger partial charge in [-0.3, -0.25) is 14.5 Å². The van der Waals surface area contributed by atoms with Crippen LogP contribution in [0, 0.1) is 0 Å². The van der Waals surface area contributed by atoms with Gasteiger partial charge in [0.2, 0.25) is 0 Å². The van der Waals surface area contributed by atoms with Crippen molar-refractivity contribution in [3.8, 4) is 22.6 Å². The first-order chi connectivity index (χ1) is 17.4. The van der Waals surface area contributed by atoms with Gasteiger partial charge in [0, 0.05) is 17.0 Å². The molecule has 1 aliphatic heterocycles. The van der Waals surface area contributed by atoms with Gasteiger partial charge in [0.05, 0.1) is 23.1 Å². The number of carbonyl (C=O) groups excluding carboxylic acids is 2. The van der Waals surface area contributed by atoms with Gasteiger partial charge >= 0.3 is 10.9 Å². The van der Waals surface area contributed by atoms with Gasteiger partial charge in [0.25, 0.3) is 5.91 Å². The second-order valence-corrected chi connectivity index (χ2v) is 11.1. The molecule has 2 aromatic carbocycles. The van der Waals surface area contributed by atoms with E-state index >= 15 is 0 Å². The molecule has 0 radical (unpaired) electrons. The Morgan fingerprint density at radius 2 is 1.94 bits per heavy atom. The van der Waals surface area contributed by atoms with Gasteiger partial charge in [0.15, 0.2) is 0 Å². The molecule has 7 nitrogen and oxygen atoms in total. The maximum atomic E-state index is 12.8. The van der Waals surface area contributed by atoms with Crippen LogP contribution in [-0.4, -0.2) is 34.8 Å². The number of thioether (sulfide) groups is 1. The van der Waals surface area contributed by atoms with E-state index in [4.69, 9.17) is 26.1 Å². The molecule has 0 atom stereocenters. The fourth-order valence-corrected chi connectivity index (χ4v) is 6.47. The number of hydrogen-bond acceptors (Lipinski definition) is 10. The summed E-state index contributed by atoms with van der Waals surface area (Å²) in [6, 6.07) is 14.2. The highest BCUT2D eigenvalue weighted by Crippen LogP contribution is 2.39. The van der Waals surface area contributed by atoms with Crippen LogP contribution in [0.1, 0.15) is 11.3 Å². The van der Waals surface area contributed by atoms with Gasteiger partial charge in [-0.25, -0.2) is 4.79 Å². The summed E-state index contributed by atoms with van der Waals surface area (Å²) in [7, 11) is 1.57. The lowest BCUT2D eigenvalue weighted by Crippen LogP contribution is -2.31. The molecule has 1 amide bonds. The van der Waals surface area contributed by atoms with Crippen molar-refractivity contribution >= 4 is 79.2 Å². The van der Waals surface area contributed by atoms with Crippen molar-refractivity contribution in [2.45, 2.75) is 6.42 Å². The average molecular weight is 556 g/mol. The van der Waals surface area contributed by atoms with Crippen LogP contribution >= 0.6 is 46.7 Å². The molecule has 1 saturated heterocycles. The standard InChI is InChI=1S/C25H17NO6S4/c1-30-15-6-4-14(5-7-15)21-17(8-9-18-22(21)36-25(29)32-18)31-20(27)10-11-26-23(28)19(35-24(26)33)13-16-3-2-12-34-16/h2-9,12-13H,10-11H2,1H3/b19-13-. The average Bonchev–Trinajstić information content (AvgIpc) is 3.58. The number of esters is 1. The number of rotatable bonds is 7. The molecule has 4 aromatic rings. The zero-order chi connectivity index (χ0) is 25.2. The fourth-order valence-electron chi connectivity index (χ4n) is 3.61. The van der Waals surface area contributed by atoms with E-state index in [-0.39, 0.29) is 24.6 Å². The molecular weight excluding hydrogens is 539 g/mol. The Hall–Kier alpha value is -3.25. The van der Waals surface area contributed by atoms with E-state index in [0.29, 0.717) is 30.8 Å². The van der Waals surface area contributed by atoms with Crippen LogP contribution in [0.3, 0.4) is 0 Å². The Balaban J connectivity index is 1.35. The van der Waals surface area contributed by atoms with Gasteiger partial charge in [-0.05, 0) is 47.4 Å². The van der Waals surface area contributed by atoms with Crippen LogP contribution in [0.5, 0.6) is 11.5 Å². The van der Waals surface area contributed by atoms with E-state index < -0.39 is 10.9 Å². The highest BCUT2D eigenvalue weighted by atomic mass is 32.2. The summed E-state index contributed by atoms with van der Waals surface area (Å²) in [4.78, 5) is 40.0. The summed E-state index contributed by atoms with van der Waals surface area (Å²) in [5, 5.41) is 1.93. The zero-order valence-corrected chi connectivity index (χ0v) is 22.0. The van der Waals surface area contributed by atoms with Gasteiger partial charge in [-0.1, -0.05) is 53.5 Å². The quantitative estimate of drug-likeness (QED) is 0.123. The summed E-state index contributed by atoms with van der Waals surface area (Å²) < 4.78 is 17.2. The Kier molecular flexibility index (Phi) is 7.06.